The van der Waals surface area contributed by atoms with Crippen LogP contribution in [-0.4, -0.2) is 74.5 Å². The summed E-state index contributed by atoms with van der Waals surface area (Å²) in [6, 6.07) is 9.67. The van der Waals surface area contributed by atoms with Crippen molar-refractivity contribution in [3.8, 4) is 5.69 Å². The number of piperazine rings is 1. The number of aromatic nitrogens is 5. The number of sulfonamides is 1. The Bertz CT molecular complexity index is 1630. The first-order valence-corrected chi connectivity index (χ1v) is 14.2. The zero-order valence-corrected chi connectivity index (χ0v) is 22.3. The van der Waals surface area contributed by atoms with Crippen LogP contribution in [0, 0.1) is 18.7 Å². The second-order valence-corrected chi connectivity index (χ2v) is 12.4. The molecule has 39 heavy (non-hydrogen) atoms. The van der Waals surface area contributed by atoms with E-state index in [4.69, 9.17) is 0 Å². The van der Waals surface area contributed by atoms with E-state index in [9.17, 15) is 21.6 Å². The van der Waals surface area contributed by atoms with Crippen LogP contribution in [0.3, 0.4) is 0 Å². The lowest BCUT2D eigenvalue weighted by Crippen LogP contribution is -2.53. The maximum absolute atomic E-state index is 13.6. The molecule has 1 unspecified atom stereocenters. The van der Waals surface area contributed by atoms with Crippen LogP contribution >= 0.6 is 0 Å². The molecule has 3 heterocycles. The van der Waals surface area contributed by atoms with Crippen LogP contribution in [0.4, 0.5) is 13.2 Å². The molecular formula is C26H28F3N7O2S. The van der Waals surface area contributed by atoms with Crippen LogP contribution in [0.25, 0.3) is 16.6 Å². The smallest absolute Gasteiger partial charge is 0.264 e. The number of halogens is 3. The van der Waals surface area contributed by atoms with Gasteiger partial charge in [0.05, 0.1) is 23.6 Å². The zero-order valence-electron chi connectivity index (χ0n) is 21.5. The zero-order chi connectivity index (χ0) is 27.5. The van der Waals surface area contributed by atoms with E-state index in [1.165, 1.54) is 27.4 Å². The highest BCUT2D eigenvalue weighted by Gasteiger charge is 2.47. The summed E-state index contributed by atoms with van der Waals surface area (Å²) >= 11 is 0. The maximum Gasteiger partial charge on any atom is 0.264 e. The van der Waals surface area contributed by atoms with Crippen LogP contribution < -0.4 is 0 Å². The quantitative estimate of drug-likeness (QED) is 0.358. The van der Waals surface area contributed by atoms with Crippen molar-refractivity contribution in [2.75, 3.05) is 26.2 Å². The molecule has 1 aliphatic heterocycles. The molecule has 0 N–H and O–H groups in total. The highest BCUT2D eigenvalue weighted by atomic mass is 32.2. The molecule has 13 heteroatoms. The first-order valence-electron chi connectivity index (χ1n) is 12.7. The van der Waals surface area contributed by atoms with Gasteiger partial charge in [0.25, 0.3) is 10.0 Å². The number of rotatable bonds is 6. The summed E-state index contributed by atoms with van der Waals surface area (Å²) in [4.78, 5) is 3.33. The average molecular weight is 560 g/mol. The van der Waals surface area contributed by atoms with E-state index < -0.39 is 15.9 Å². The Labute approximate surface area is 223 Å². The van der Waals surface area contributed by atoms with Gasteiger partial charge in [-0.3, -0.25) is 4.90 Å². The molecule has 2 aromatic heterocycles. The molecule has 4 aromatic rings. The van der Waals surface area contributed by atoms with Gasteiger partial charge in [0.2, 0.25) is 10.9 Å². The lowest BCUT2D eigenvalue weighted by Gasteiger charge is -2.45. The highest BCUT2D eigenvalue weighted by molar-refractivity contribution is 7.89. The summed E-state index contributed by atoms with van der Waals surface area (Å²) in [6.45, 7) is 3.19. The standard InChI is InChI=1S/C26H28F3N7O2S/c1-17-9-23-19(13-31-36(23)21-5-3-20(27)4-6-21)10-22(17)24-16-35(39(37,38)25-14-30-33(2)32-25)8-7-34(24)15-18-11-26(28,29)12-18/h3-6,9-10,13-14,18,24H,7-8,11-12,15-16H2,1-2H3. The van der Waals surface area contributed by atoms with Gasteiger partial charge in [-0.2, -0.15) is 19.3 Å². The Morgan fingerprint density at radius 3 is 2.46 bits per heavy atom. The Hall–Kier alpha value is -3.29. The van der Waals surface area contributed by atoms with Gasteiger partial charge < -0.3 is 0 Å². The first kappa shape index (κ1) is 26.0. The number of fused-ring (bicyclic) bond motifs is 1. The third-order valence-electron chi connectivity index (χ3n) is 7.69. The molecule has 1 saturated carbocycles. The van der Waals surface area contributed by atoms with E-state index in [0.29, 0.717) is 18.8 Å². The Morgan fingerprint density at radius 2 is 1.79 bits per heavy atom. The van der Waals surface area contributed by atoms with Gasteiger partial charge in [0.15, 0.2) is 0 Å². The van der Waals surface area contributed by atoms with Crippen LogP contribution in [0.5, 0.6) is 0 Å². The molecule has 1 atom stereocenters. The van der Waals surface area contributed by atoms with Crippen molar-refractivity contribution in [2.24, 2.45) is 13.0 Å². The number of nitrogens with zero attached hydrogens (tertiary/aromatic N) is 7. The van der Waals surface area contributed by atoms with Crippen molar-refractivity contribution in [3.63, 3.8) is 0 Å². The van der Waals surface area contributed by atoms with Gasteiger partial charge in [0.1, 0.15) is 5.82 Å². The summed E-state index contributed by atoms with van der Waals surface area (Å²) < 4.78 is 70.6. The van der Waals surface area contributed by atoms with Crippen LogP contribution in [-0.2, 0) is 17.1 Å². The third kappa shape index (κ3) is 4.83. The molecule has 1 aliphatic carbocycles. The van der Waals surface area contributed by atoms with Gasteiger partial charge >= 0.3 is 0 Å². The second-order valence-electron chi connectivity index (χ2n) is 10.5. The summed E-state index contributed by atoms with van der Waals surface area (Å²) in [6.07, 6.45) is 2.64. The first-order chi connectivity index (χ1) is 18.5. The molecule has 2 aliphatic rings. The third-order valence-corrected chi connectivity index (χ3v) is 9.42. The van der Waals surface area contributed by atoms with Crippen molar-refractivity contribution in [3.05, 3.63) is 65.7 Å². The molecule has 0 bridgehead atoms. The molecule has 2 aromatic carbocycles. The van der Waals surface area contributed by atoms with Crippen molar-refractivity contribution in [1.82, 2.24) is 34.0 Å². The normalized spacial score (nSPS) is 20.9. The van der Waals surface area contributed by atoms with Gasteiger partial charge in [-0.25, -0.2) is 26.3 Å². The Kier molecular flexibility index (Phi) is 6.27. The van der Waals surface area contributed by atoms with E-state index >= 15 is 0 Å². The number of alkyl halides is 2. The summed E-state index contributed by atoms with van der Waals surface area (Å²) in [5.41, 5.74) is 3.36. The summed E-state index contributed by atoms with van der Waals surface area (Å²) in [5, 5.41) is 13.1. The summed E-state index contributed by atoms with van der Waals surface area (Å²) in [5.74, 6) is -3.10. The topological polar surface area (TPSA) is 89.2 Å². The van der Waals surface area contributed by atoms with Gasteiger partial charge in [-0.1, -0.05) is 0 Å². The second kappa shape index (κ2) is 9.42. The maximum atomic E-state index is 13.6. The molecule has 0 radical (unpaired) electrons. The minimum Gasteiger partial charge on any atom is -0.293 e. The van der Waals surface area contributed by atoms with Crippen molar-refractivity contribution >= 4 is 20.9 Å². The van der Waals surface area contributed by atoms with Crippen molar-refractivity contribution in [2.45, 2.75) is 36.8 Å². The van der Waals surface area contributed by atoms with Crippen molar-refractivity contribution in [1.29, 1.82) is 0 Å². The molecule has 9 nitrogen and oxygen atoms in total. The number of aryl methyl sites for hydroxylation is 2. The lowest BCUT2D eigenvalue weighted by molar-refractivity contribution is -0.120. The molecule has 2 fully saturated rings. The molecule has 1 saturated heterocycles. The highest BCUT2D eigenvalue weighted by Crippen LogP contribution is 2.44. The van der Waals surface area contributed by atoms with Crippen LogP contribution in [0.1, 0.15) is 30.0 Å². The van der Waals surface area contributed by atoms with E-state index in [1.807, 2.05) is 19.1 Å². The predicted molar refractivity (Wildman–Crippen MR) is 138 cm³/mol. The van der Waals surface area contributed by atoms with Gasteiger partial charge in [-0.15, -0.1) is 5.10 Å². The average Bonchev–Trinajstić information content (AvgIpc) is 3.49. The number of hydrogen-bond donors (Lipinski definition) is 0. The largest absolute Gasteiger partial charge is 0.293 e. The predicted octanol–water partition coefficient (Wildman–Crippen LogP) is 3.69. The van der Waals surface area contributed by atoms with Crippen LogP contribution in [0.2, 0.25) is 0 Å². The minimum absolute atomic E-state index is 0.122. The molecule has 0 spiro atoms. The lowest BCUT2D eigenvalue weighted by atomic mass is 9.80. The minimum atomic E-state index is -3.89. The molecule has 0 amide bonds. The summed E-state index contributed by atoms with van der Waals surface area (Å²) in [7, 11) is -2.34. The number of hydrogen-bond acceptors (Lipinski definition) is 6. The van der Waals surface area contributed by atoms with Crippen molar-refractivity contribution < 1.29 is 21.6 Å². The molecule has 206 valence electrons. The van der Waals surface area contributed by atoms with Gasteiger partial charge in [0, 0.05) is 57.5 Å². The van der Waals surface area contributed by atoms with E-state index in [2.05, 4.69) is 20.2 Å². The van der Waals surface area contributed by atoms with E-state index in [1.54, 1.807) is 30.1 Å². The molecular weight excluding hydrogens is 531 g/mol. The Balaban J connectivity index is 1.35. The van der Waals surface area contributed by atoms with E-state index in [0.717, 1.165) is 22.0 Å². The monoisotopic (exact) mass is 559 g/mol. The fourth-order valence-corrected chi connectivity index (χ4v) is 7.02. The Morgan fingerprint density at radius 1 is 1.05 bits per heavy atom. The number of benzene rings is 2. The van der Waals surface area contributed by atoms with E-state index in [-0.39, 0.29) is 48.7 Å². The van der Waals surface area contributed by atoms with Gasteiger partial charge in [-0.05, 0) is 60.4 Å². The molecule has 6 rings (SSSR count). The van der Waals surface area contributed by atoms with Crippen LogP contribution in [0.15, 0.2) is 53.8 Å². The SMILES string of the molecule is Cc1cc2c(cnn2-c2ccc(F)cc2)cc1C1CN(S(=O)(=O)c2cnn(C)n2)CCN1CC1CC(F)(F)C1. The fourth-order valence-electron chi connectivity index (χ4n) is 5.69. The fraction of sp³-hybridized carbons (Fsp3) is 0.423.